The topological polar surface area (TPSA) is 52.5 Å². The number of nitrogens with one attached hydrogen (secondary N) is 1. The monoisotopic (exact) mass is 267 g/mol. The van der Waals surface area contributed by atoms with Gasteiger partial charge in [-0.15, -0.1) is 8.20 Å². The molecule has 0 heterocycles. The Morgan fingerprint density at radius 1 is 1.28 bits per heavy atom. The van der Waals surface area contributed by atoms with E-state index in [0.717, 1.165) is 26.4 Å². The van der Waals surface area contributed by atoms with Crippen LogP contribution in [0.2, 0.25) is 0 Å². The number of benzene rings is 1. The van der Waals surface area contributed by atoms with Gasteiger partial charge in [-0.1, -0.05) is 18.4 Å². The van der Waals surface area contributed by atoms with Crippen molar-refractivity contribution in [3.8, 4) is 5.75 Å². The molecule has 0 aliphatic heterocycles. The molecule has 0 spiro atoms. The van der Waals surface area contributed by atoms with E-state index in [9.17, 15) is 10.2 Å². The quantitative estimate of drug-likeness (QED) is 0.665. The minimum absolute atomic E-state index is 0.0222. The van der Waals surface area contributed by atoms with Crippen LogP contribution in [0.3, 0.4) is 0 Å². The molecular formula is C14H22NO2P. The van der Waals surface area contributed by atoms with E-state index < -0.39 is 6.10 Å². The molecule has 0 aliphatic carbocycles. The van der Waals surface area contributed by atoms with Crippen molar-refractivity contribution in [1.29, 1.82) is 0 Å². The number of phenolic OH excluding ortho intramolecular Hbond substituents is 1. The highest BCUT2D eigenvalue weighted by Crippen LogP contribution is 2.20. The summed E-state index contributed by atoms with van der Waals surface area (Å²) >= 11 is 0. The van der Waals surface area contributed by atoms with E-state index in [1.54, 1.807) is 24.3 Å². The van der Waals surface area contributed by atoms with Crippen molar-refractivity contribution in [2.75, 3.05) is 6.16 Å². The highest BCUT2D eigenvalue weighted by molar-refractivity contribution is 7.36. The first kappa shape index (κ1) is 15.2. The lowest BCUT2D eigenvalue weighted by atomic mass is 10.0. The Bertz CT molecular complexity index is 367. The maximum Gasteiger partial charge on any atom is 0.115 e. The molecule has 1 rings (SSSR count). The first-order valence-electron chi connectivity index (χ1n) is 6.20. The van der Waals surface area contributed by atoms with Crippen molar-refractivity contribution in [3.63, 3.8) is 0 Å². The Morgan fingerprint density at radius 2 is 1.89 bits per heavy atom. The molecule has 3 N–H and O–H groups in total. The Kier molecular flexibility index (Phi) is 6.34. The third-order valence-corrected chi connectivity index (χ3v) is 3.55. The molecular weight excluding hydrogens is 245 g/mol. The average Bonchev–Trinajstić information content (AvgIpc) is 2.36. The van der Waals surface area contributed by atoms with Gasteiger partial charge in [0.05, 0.1) is 6.10 Å². The van der Waals surface area contributed by atoms with Crippen LogP contribution in [0.4, 0.5) is 0 Å². The van der Waals surface area contributed by atoms with Crippen LogP contribution >= 0.6 is 8.20 Å². The van der Waals surface area contributed by atoms with Gasteiger partial charge < -0.3 is 15.5 Å². The molecule has 1 aromatic rings. The fraction of sp³-hybridized carbons (Fsp3) is 0.500. The molecule has 0 saturated heterocycles. The number of phenols is 1. The summed E-state index contributed by atoms with van der Waals surface area (Å²) in [6.45, 7) is 4.08. The smallest absolute Gasteiger partial charge is 0.115 e. The molecule has 0 saturated carbocycles. The van der Waals surface area contributed by atoms with E-state index >= 15 is 0 Å². The molecule has 18 heavy (non-hydrogen) atoms. The highest BCUT2D eigenvalue weighted by atomic mass is 31.1. The number of aliphatic hydroxyl groups is 1. The van der Waals surface area contributed by atoms with Crippen molar-refractivity contribution in [3.05, 3.63) is 29.8 Å². The van der Waals surface area contributed by atoms with Gasteiger partial charge in [0.1, 0.15) is 5.75 Å². The minimum Gasteiger partial charge on any atom is -0.508 e. The Balaban J connectivity index is 2.52. The summed E-state index contributed by atoms with van der Waals surface area (Å²) in [4.78, 5) is 0. The molecule has 3 unspecified atom stereocenters. The van der Waals surface area contributed by atoms with E-state index in [2.05, 4.69) is 18.5 Å². The van der Waals surface area contributed by atoms with Gasteiger partial charge >= 0.3 is 0 Å². The summed E-state index contributed by atoms with van der Waals surface area (Å²) in [5.74, 6) is 0.217. The average molecular weight is 267 g/mol. The molecule has 0 bridgehead atoms. The summed E-state index contributed by atoms with van der Waals surface area (Å²) in [5.41, 5.74) is 0.815. The molecule has 0 fully saturated rings. The summed E-state index contributed by atoms with van der Waals surface area (Å²) in [6.07, 6.45) is 5.35. The number of aliphatic hydroxyl groups excluding tert-OH is 1. The fourth-order valence-electron chi connectivity index (χ4n) is 1.87. The highest BCUT2D eigenvalue weighted by Gasteiger charge is 2.17. The normalized spacial score (nSPS) is 16.4. The second-order valence-corrected chi connectivity index (χ2v) is 5.52. The molecule has 3 nitrogen and oxygen atoms in total. The van der Waals surface area contributed by atoms with Crippen LogP contribution in [0.25, 0.3) is 0 Å². The first-order chi connectivity index (χ1) is 8.54. The Hall–Kier alpha value is -0.890. The van der Waals surface area contributed by atoms with E-state index in [1.807, 2.05) is 6.92 Å². The van der Waals surface area contributed by atoms with Gasteiger partial charge in [0.15, 0.2) is 0 Å². The first-order valence-corrected chi connectivity index (χ1v) is 7.46. The second kappa shape index (κ2) is 7.52. The van der Waals surface area contributed by atoms with Crippen LogP contribution in [0, 0.1) is 0 Å². The number of rotatable bonds is 7. The van der Waals surface area contributed by atoms with E-state index in [-0.39, 0.29) is 11.8 Å². The number of hydrogen-bond acceptors (Lipinski definition) is 3. The van der Waals surface area contributed by atoms with Crippen LogP contribution in [0.1, 0.15) is 31.9 Å². The van der Waals surface area contributed by atoms with Gasteiger partial charge in [-0.05, 0) is 44.1 Å². The van der Waals surface area contributed by atoms with E-state index in [1.165, 1.54) is 0 Å². The Labute approximate surface area is 111 Å². The van der Waals surface area contributed by atoms with Gasteiger partial charge in [0.2, 0.25) is 0 Å². The van der Waals surface area contributed by atoms with E-state index in [4.69, 9.17) is 0 Å². The van der Waals surface area contributed by atoms with Crippen LogP contribution in [-0.2, 0) is 0 Å². The summed E-state index contributed by atoms with van der Waals surface area (Å²) < 4.78 is 0. The van der Waals surface area contributed by atoms with Gasteiger partial charge in [0, 0.05) is 12.1 Å². The molecule has 0 aliphatic rings. The Morgan fingerprint density at radius 3 is 2.44 bits per heavy atom. The lowest BCUT2D eigenvalue weighted by Gasteiger charge is -2.24. The van der Waals surface area contributed by atoms with Crippen molar-refractivity contribution in [2.45, 2.75) is 38.5 Å². The third-order valence-electron chi connectivity index (χ3n) is 2.98. The van der Waals surface area contributed by atoms with Crippen LogP contribution in [-0.4, -0.2) is 34.8 Å². The standard InChI is InChI=1S/C14H22NO2P/c1-10(8-9-18-3)15-11(2)14(17)12-4-6-13(16)7-5-12/h4-7,10-11,14-17H,3,8-9H2,1-2H3. The van der Waals surface area contributed by atoms with Gasteiger partial charge in [-0.2, -0.15) is 0 Å². The maximum atomic E-state index is 10.2. The zero-order valence-electron chi connectivity index (χ0n) is 11.0. The largest absolute Gasteiger partial charge is 0.508 e. The van der Waals surface area contributed by atoms with Gasteiger partial charge in [-0.3, -0.25) is 0 Å². The molecule has 3 atom stereocenters. The van der Waals surface area contributed by atoms with Gasteiger partial charge in [-0.25, -0.2) is 0 Å². The molecule has 1 aromatic carbocycles. The predicted octanol–water partition coefficient (Wildman–Crippen LogP) is 2.56. The van der Waals surface area contributed by atoms with Crippen molar-refractivity contribution in [1.82, 2.24) is 5.32 Å². The van der Waals surface area contributed by atoms with Crippen molar-refractivity contribution in [2.24, 2.45) is 0 Å². The fourth-order valence-corrected chi connectivity index (χ4v) is 2.44. The zero-order chi connectivity index (χ0) is 13.5. The third kappa shape index (κ3) is 4.77. The lowest BCUT2D eigenvalue weighted by molar-refractivity contribution is 0.130. The molecule has 0 radical (unpaired) electrons. The second-order valence-electron chi connectivity index (χ2n) is 4.63. The molecule has 100 valence electrons. The van der Waals surface area contributed by atoms with Gasteiger partial charge in [0.25, 0.3) is 0 Å². The number of aromatic hydroxyl groups is 1. The summed E-state index contributed by atoms with van der Waals surface area (Å²) in [6, 6.07) is 7.02. The SMILES string of the molecule is C=PCCC(C)NC(C)C(O)c1ccc(O)cc1. The molecule has 0 aromatic heterocycles. The van der Waals surface area contributed by atoms with Crippen LogP contribution < -0.4 is 5.32 Å². The summed E-state index contributed by atoms with van der Waals surface area (Å²) in [5, 5.41) is 22.8. The minimum atomic E-state index is -0.564. The summed E-state index contributed by atoms with van der Waals surface area (Å²) in [7, 11) is 1.16. The lowest BCUT2D eigenvalue weighted by Crippen LogP contribution is -2.38. The van der Waals surface area contributed by atoms with E-state index in [0.29, 0.717) is 6.04 Å². The molecule has 0 amide bonds. The predicted molar refractivity (Wildman–Crippen MR) is 78.7 cm³/mol. The zero-order valence-corrected chi connectivity index (χ0v) is 11.9. The van der Waals surface area contributed by atoms with Crippen LogP contribution in [0.15, 0.2) is 24.3 Å². The molecule has 4 heteroatoms. The van der Waals surface area contributed by atoms with Crippen molar-refractivity contribution < 1.29 is 10.2 Å². The van der Waals surface area contributed by atoms with Crippen molar-refractivity contribution >= 4 is 14.5 Å². The number of hydrogen-bond donors (Lipinski definition) is 3. The van der Waals surface area contributed by atoms with Crippen LogP contribution in [0.5, 0.6) is 5.75 Å². The maximum absolute atomic E-state index is 10.2.